The van der Waals surface area contributed by atoms with Gasteiger partial charge in [-0.2, -0.15) is 0 Å². The smallest absolute Gasteiger partial charge is 0.317 e. The molecule has 90 valence electrons. The quantitative estimate of drug-likeness (QED) is 0.715. The van der Waals surface area contributed by atoms with Crippen LogP contribution in [0.25, 0.3) is 0 Å². The molecular weight excluding hydrogens is 230 g/mol. The molecule has 2 saturated heterocycles. The molecule has 0 radical (unpaired) electrons. The first kappa shape index (κ1) is 11.5. The summed E-state index contributed by atoms with van der Waals surface area (Å²) in [4.78, 5) is 26.4. The Hall–Kier alpha value is -0.970. The van der Waals surface area contributed by atoms with Crippen molar-refractivity contribution in [1.29, 1.82) is 0 Å². The highest BCUT2D eigenvalue weighted by Crippen LogP contribution is 2.18. The molecule has 1 unspecified atom stereocenters. The molecule has 6 heteroatoms. The molecule has 16 heavy (non-hydrogen) atoms. The monoisotopic (exact) mass is 245 g/mol. The molecule has 2 aliphatic rings. The van der Waals surface area contributed by atoms with Crippen LogP contribution >= 0.6 is 11.6 Å². The number of carbonyl (C=O) groups excluding carboxylic acids is 2. The Morgan fingerprint density at radius 2 is 2.06 bits per heavy atom. The van der Waals surface area contributed by atoms with E-state index in [4.69, 9.17) is 11.6 Å². The molecule has 2 aliphatic heterocycles. The molecule has 3 amide bonds. The van der Waals surface area contributed by atoms with Gasteiger partial charge in [0, 0.05) is 45.0 Å². The Morgan fingerprint density at radius 3 is 2.62 bits per heavy atom. The summed E-state index contributed by atoms with van der Waals surface area (Å²) in [5, 5.41) is 2.74. The zero-order chi connectivity index (χ0) is 11.5. The van der Waals surface area contributed by atoms with Crippen LogP contribution in [-0.4, -0.2) is 60.3 Å². The summed E-state index contributed by atoms with van der Waals surface area (Å²) in [5.41, 5.74) is 0. The van der Waals surface area contributed by atoms with Crippen LogP contribution in [0, 0.1) is 5.92 Å². The van der Waals surface area contributed by atoms with Crippen LogP contribution in [0.4, 0.5) is 4.79 Å². The van der Waals surface area contributed by atoms with E-state index in [1.54, 1.807) is 9.80 Å². The molecular formula is C10H16ClN3O2. The highest BCUT2D eigenvalue weighted by atomic mass is 35.5. The van der Waals surface area contributed by atoms with Crippen molar-refractivity contribution in [3.05, 3.63) is 0 Å². The van der Waals surface area contributed by atoms with Crippen LogP contribution in [0.5, 0.6) is 0 Å². The van der Waals surface area contributed by atoms with Gasteiger partial charge in [0.05, 0.1) is 0 Å². The van der Waals surface area contributed by atoms with E-state index in [-0.39, 0.29) is 17.9 Å². The molecule has 0 spiro atoms. The number of hydrogen-bond acceptors (Lipinski definition) is 2. The van der Waals surface area contributed by atoms with E-state index in [0.717, 1.165) is 13.1 Å². The molecule has 0 bridgehead atoms. The van der Waals surface area contributed by atoms with E-state index in [0.29, 0.717) is 31.9 Å². The topological polar surface area (TPSA) is 52.7 Å². The summed E-state index contributed by atoms with van der Waals surface area (Å²) in [7, 11) is 0. The minimum absolute atomic E-state index is 0.0273. The average molecular weight is 246 g/mol. The van der Waals surface area contributed by atoms with Crippen molar-refractivity contribution in [2.24, 2.45) is 5.92 Å². The van der Waals surface area contributed by atoms with Gasteiger partial charge in [0.1, 0.15) is 0 Å². The van der Waals surface area contributed by atoms with Crippen LogP contribution in [-0.2, 0) is 4.79 Å². The van der Waals surface area contributed by atoms with E-state index in [1.807, 2.05) is 0 Å². The predicted molar refractivity (Wildman–Crippen MR) is 60.4 cm³/mol. The summed E-state index contributed by atoms with van der Waals surface area (Å²) in [5.74, 6) is 0.971. The lowest BCUT2D eigenvalue weighted by Gasteiger charge is -2.20. The van der Waals surface area contributed by atoms with Crippen LogP contribution < -0.4 is 5.32 Å². The third-order valence-corrected chi connectivity index (χ3v) is 3.53. The van der Waals surface area contributed by atoms with Gasteiger partial charge in [0.25, 0.3) is 0 Å². The Kier molecular flexibility index (Phi) is 3.53. The number of amides is 3. The molecule has 0 saturated carbocycles. The number of rotatable bonds is 4. The summed E-state index contributed by atoms with van der Waals surface area (Å²) in [6.45, 7) is 3.42. The van der Waals surface area contributed by atoms with E-state index in [1.165, 1.54) is 0 Å². The molecule has 2 heterocycles. The second-order valence-corrected chi connectivity index (χ2v) is 4.59. The van der Waals surface area contributed by atoms with Crippen molar-refractivity contribution in [2.45, 2.75) is 6.42 Å². The van der Waals surface area contributed by atoms with E-state index < -0.39 is 0 Å². The van der Waals surface area contributed by atoms with Gasteiger partial charge < -0.3 is 15.1 Å². The summed E-state index contributed by atoms with van der Waals surface area (Å²) in [6.07, 6.45) is 0.551. The lowest BCUT2D eigenvalue weighted by atomic mass is 10.1. The molecule has 0 aromatic heterocycles. The fourth-order valence-electron chi connectivity index (χ4n) is 2.14. The van der Waals surface area contributed by atoms with Gasteiger partial charge in [-0.3, -0.25) is 4.79 Å². The summed E-state index contributed by atoms with van der Waals surface area (Å²) >= 11 is 5.74. The molecule has 1 N–H and O–H groups in total. The third-order valence-electron chi connectivity index (χ3n) is 3.10. The second kappa shape index (κ2) is 4.91. The van der Waals surface area contributed by atoms with Crippen LogP contribution in [0.2, 0.25) is 0 Å². The SMILES string of the molecule is O=C1CC(CCl)CN1CCN1CCNC1=O. The van der Waals surface area contributed by atoms with Crippen LogP contribution in [0.3, 0.4) is 0 Å². The molecule has 0 aromatic rings. The fraction of sp³-hybridized carbons (Fsp3) is 0.800. The Bertz CT molecular complexity index is 298. The summed E-state index contributed by atoms with van der Waals surface area (Å²) in [6, 6.07) is -0.0273. The van der Waals surface area contributed by atoms with Crippen molar-refractivity contribution in [2.75, 3.05) is 38.6 Å². The van der Waals surface area contributed by atoms with E-state index >= 15 is 0 Å². The number of carbonyl (C=O) groups is 2. The molecule has 2 fully saturated rings. The van der Waals surface area contributed by atoms with Gasteiger partial charge in [-0.05, 0) is 5.92 Å². The first-order valence-electron chi connectivity index (χ1n) is 5.57. The zero-order valence-electron chi connectivity index (χ0n) is 9.12. The molecule has 2 rings (SSSR count). The van der Waals surface area contributed by atoms with Gasteiger partial charge in [-0.25, -0.2) is 4.79 Å². The Morgan fingerprint density at radius 1 is 1.31 bits per heavy atom. The van der Waals surface area contributed by atoms with E-state index in [9.17, 15) is 9.59 Å². The van der Waals surface area contributed by atoms with Gasteiger partial charge in [-0.15, -0.1) is 11.6 Å². The van der Waals surface area contributed by atoms with Crippen molar-refractivity contribution < 1.29 is 9.59 Å². The lowest BCUT2D eigenvalue weighted by Crippen LogP contribution is -2.37. The number of urea groups is 1. The number of halogens is 1. The number of nitrogens with one attached hydrogen (secondary N) is 1. The maximum absolute atomic E-state index is 11.6. The Labute approximate surface area is 99.7 Å². The third kappa shape index (κ3) is 2.40. The second-order valence-electron chi connectivity index (χ2n) is 4.28. The molecule has 5 nitrogen and oxygen atoms in total. The van der Waals surface area contributed by atoms with Gasteiger partial charge >= 0.3 is 6.03 Å². The molecule has 0 aliphatic carbocycles. The predicted octanol–water partition coefficient (Wildman–Crippen LogP) is 0.0989. The van der Waals surface area contributed by atoms with Crippen LogP contribution in [0.1, 0.15) is 6.42 Å². The number of nitrogens with zero attached hydrogens (tertiary/aromatic N) is 2. The normalized spacial score (nSPS) is 25.4. The largest absolute Gasteiger partial charge is 0.341 e. The number of alkyl halides is 1. The van der Waals surface area contributed by atoms with Gasteiger partial charge in [0.15, 0.2) is 0 Å². The Balaban J connectivity index is 1.77. The minimum Gasteiger partial charge on any atom is -0.341 e. The van der Waals surface area contributed by atoms with E-state index in [2.05, 4.69) is 5.32 Å². The van der Waals surface area contributed by atoms with Crippen molar-refractivity contribution in [3.8, 4) is 0 Å². The van der Waals surface area contributed by atoms with Gasteiger partial charge in [-0.1, -0.05) is 0 Å². The highest BCUT2D eigenvalue weighted by molar-refractivity contribution is 6.18. The maximum atomic E-state index is 11.6. The first-order chi connectivity index (χ1) is 7.70. The molecule has 0 aromatic carbocycles. The zero-order valence-corrected chi connectivity index (χ0v) is 9.87. The summed E-state index contributed by atoms with van der Waals surface area (Å²) < 4.78 is 0. The molecule has 1 atom stereocenters. The number of likely N-dealkylation sites (tertiary alicyclic amines) is 1. The fourth-order valence-corrected chi connectivity index (χ4v) is 2.35. The first-order valence-corrected chi connectivity index (χ1v) is 6.10. The standard InChI is InChI=1S/C10H16ClN3O2/c11-6-8-5-9(15)14(7-8)4-3-13-2-1-12-10(13)16/h8H,1-7H2,(H,12,16). The minimum atomic E-state index is -0.0273. The lowest BCUT2D eigenvalue weighted by molar-refractivity contribution is -0.127. The van der Waals surface area contributed by atoms with Crippen molar-refractivity contribution in [1.82, 2.24) is 15.1 Å². The highest BCUT2D eigenvalue weighted by Gasteiger charge is 2.29. The maximum Gasteiger partial charge on any atom is 0.317 e. The number of hydrogen-bond donors (Lipinski definition) is 1. The van der Waals surface area contributed by atoms with Gasteiger partial charge in [0.2, 0.25) is 5.91 Å². The van der Waals surface area contributed by atoms with Crippen LogP contribution in [0.15, 0.2) is 0 Å². The van der Waals surface area contributed by atoms with Crippen molar-refractivity contribution >= 4 is 23.5 Å². The average Bonchev–Trinajstić information content (AvgIpc) is 2.82. The van der Waals surface area contributed by atoms with Crippen molar-refractivity contribution in [3.63, 3.8) is 0 Å².